The number of halogens is 2. The number of fused-ring (bicyclic) bond motifs is 1. The van der Waals surface area contributed by atoms with E-state index in [1.54, 1.807) is 0 Å². The van der Waals surface area contributed by atoms with Crippen molar-refractivity contribution in [2.24, 2.45) is 0 Å². The number of imidazole rings is 1. The molecule has 0 saturated heterocycles. The topological polar surface area (TPSA) is 48.6 Å². The van der Waals surface area contributed by atoms with Gasteiger partial charge in [-0.05, 0) is 41.8 Å². The first-order chi connectivity index (χ1) is 9.54. The zero-order chi connectivity index (χ0) is 14.3. The third-order valence-electron chi connectivity index (χ3n) is 3.32. The third kappa shape index (κ3) is 2.35. The van der Waals surface area contributed by atoms with Crippen LogP contribution in [0.4, 0.5) is 0 Å². The van der Waals surface area contributed by atoms with Crippen LogP contribution in [-0.4, -0.2) is 9.97 Å². The Hall–Kier alpha value is -1.71. The molecule has 3 nitrogen and oxygen atoms in total. The molecule has 0 saturated carbocycles. The van der Waals surface area contributed by atoms with E-state index in [0.717, 1.165) is 27.7 Å². The van der Waals surface area contributed by atoms with Crippen LogP contribution in [0.1, 0.15) is 22.1 Å². The van der Waals surface area contributed by atoms with Gasteiger partial charge in [0.25, 0.3) is 0 Å². The van der Waals surface area contributed by atoms with E-state index in [1.165, 1.54) is 0 Å². The predicted octanol–water partition coefficient (Wildman–Crippen LogP) is 4.15. The van der Waals surface area contributed by atoms with E-state index < -0.39 is 0 Å². The van der Waals surface area contributed by atoms with Crippen molar-refractivity contribution in [2.75, 3.05) is 0 Å². The Balaban J connectivity index is 2.04. The summed E-state index contributed by atoms with van der Waals surface area (Å²) in [5.41, 5.74) is 4.15. The van der Waals surface area contributed by atoms with Crippen LogP contribution in [0.3, 0.4) is 0 Å². The van der Waals surface area contributed by atoms with Gasteiger partial charge in [-0.1, -0.05) is 29.8 Å². The molecule has 0 aliphatic heterocycles. The molecule has 1 unspecified atom stereocenters. The summed E-state index contributed by atoms with van der Waals surface area (Å²) in [4.78, 5) is 16.7. The maximum atomic E-state index is 11.3. The average molecular weight is 307 g/mol. The molecule has 0 amide bonds. The van der Waals surface area contributed by atoms with Gasteiger partial charge in [0, 0.05) is 5.02 Å². The van der Waals surface area contributed by atoms with Gasteiger partial charge in [-0.2, -0.15) is 0 Å². The second kappa shape index (κ2) is 5.00. The number of hydrogen-bond acceptors (Lipinski definition) is 1. The van der Waals surface area contributed by atoms with Crippen LogP contribution < -0.4 is 5.69 Å². The van der Waals surface area contributed by atoms with Gasteiger partial charge in [0.2, 0.25) is 0 Å². The fourth-order valence-corrected chi connectivity index (χ4v) is 2.63. The number of hydrogen-bond donors (Lipinski definition) is 2. The van der Waals surface area contributed by atoms with Crippen LogP contribution in [0.25, 0.3) is 11.0 Å². The van der Waals surface area contributed by atoms with Gasteiger partial charge in [0.15, 0.2) is 0 Å². The van der Waals surface area contributed by atoms with Crippen LogP contribution in [0.5, 0.6) is 0 Å². The zero-order valence-corrected chi connectivity index (χ0v) is 12.2. The Morgan fingerprint density at radius 3 is 2.40 bits per heavy atom. The molecule has 0 aliphatic carbocycles. The summed E-state index contributed by atoms with van der Waals surface area (Å²) in [7, 11) is 0. The highest BCUT2D eigenvalue weighted by atomic mass is 35.5. The van der Waals surface area contributed by atoms with Crippen molar-refractivity contribution < 1.29 is 0 Å². The molecule has 3 aromatic rings. The summed E-state index contributed by atoms with van der Waals surface area (Å²) in [6.45, 7) is 1.95. The molecule has 3 rings (SSSR count). The number of alkyl halides is 1. The molecular formula is C15H12Cl2N2O. The van der Waals surface area contributed by atoms with Gasteiger partial charge < -0.3 is 9.97 Å². The highest BCUT2D eigenvalue weighted by Gasteiger charge is 2.13. The molecular weight excluding hydrogens is 295 g/mol. The van der Waals surface area contributed by atoms with E-state index in [4.69, 9.17) is 23.2 Å². The largest absolute Gasteiger partial charge is 0.323 e. The van der Waals surface area contributed by atoms with Gasteiger partial charge in [-0.25, -0.2) is 4.79 Å². The van der Waals surface area contributed by atoms with Crippen LogP contribution in [-0.2, 0) is 0 Å². The normalized spacial score (nSPS) is 12.8. The minimum absolute atomic E-state index is 0.221. The molecule has 2 N–H and O–H groups in total. The summed E-state index contributed by atoms with van der Waals surface area (Å²) in [5.74, 6) is 0. The van der Waals surface area contributed by atoms with E-state index in [1.807, 2.05) is 43.3 Å². The Morgan fingerprint density at radius 2 is 1.65 bits per heavy atom. The molecule has 1 atom stereocenters. The van der Waals surface area contributed by atoms with Gasteiger partial charge in [-0.3, -0.25) is 0 Å². The molecule has 0 spiro atoms. The number of aryl methyl sites for hydroxylation is 1. The van der Waals surface area contributed by atoms with Crippen LogP contribution >= 0.6 is 23.2 Å². The van der Waals surface area contributed by atoms with Gasteiger partial charge in [-0.15, -0.1) is 11.6 Å². The SMILES string of the molecule is Cc1ccc(C(Cl)c2ccc3[nH]c(=O)[nH]c3c2)cc1Cl. The zero-order valence-electron chi connectivity index (χ0n) is 10.7. The third-order valence-corrected chi connectivity index (χ3v) is 4.23. The maximum Gasteiger partial charge on any atom is 0.323 e. The van der Waals surface area contributed by atoms with E-state index in [-0.39, 0.29) is 11.1 Å². The molecule has 1 heterocycles. The molecule has 2 aromatic carbocycles. The molecule has 0 aliphatic rings. The maximum absolute atomic E-state index is 11.3. The number of nitrogens with one attached hydrogen (secondary N) is 2. The number of benzene rings is 2. The molecule has 5 heteroatoms. The second-order valence-corrected chi connectivity index (χ2v) is 5.60. The highest BCUT2D eigenvalue weighted by Crippen LogP contribution is 2.32. The van der Waals surface area contributed by atoms with Crippen molar-refractivity contribution in [1.82, 2.24) is 9.97 Å². The predicted molar refractivity (Wildman–Crippen MR) is 82.8 cm³/mol. The first-order valence-corrected chi connectivity index (χ1v) is 6.98. The molecule has 0 fully saturated rings. The number of aromatic amines is 2. The molecule has 0 radical (unpaired) electrons. The monoisotopic (exact) mass is 306 g/mol. The molecule has 102 valence electrons. The van der Waals surface area contributed by atoms with Crippen molar-refractivity contribution in [3.8, 4) is 0 Å². The lowest BCUT2D eigenvalue weighted by Crippen LogP contribution is -1.99. The van der Waals surface area contributed by atoms with Crippen LogP contribution in [0.2, 0.25) is 5.02 Å². The van der Waals surface area contributed by atoms with E-state index in [0.29, 0.717) is 5.02 Å². The smallest absolute Gasteiger partial charge is 0.306 e. The van der Waals surface area contributed by atoms with Gasteiger partial charge in [0.1, 0.15) is 0 Å². The summed E-state index contributed by atoms with van der Waals surface area (Å²) in [6, 6.07) is 11.4. The summed E-state index contributed by atoms with van der Waals surface area (Å²) in [5, 5.41) is 0.389. The number of aromatic nitrogens is 2. The quantitative estimate of drug-likeness (QED) is 0.687. The second-order valence-electron chi connectivity index (χ2n) is 4.76. The first kappa shape index (κ1) is 13.3. The molecule has 20 heavy (non-hydrogen) atoms. The average Bonchev–Trinajstić information content (AvgIpc) is 2.80. The lowest BCUT2D eigenvalue weighted by atomic mass is 10.0. The first-order valence-electron chi connectivity index (χ1n) is 6.16. The highest BCUT2D eigenvalue weighted by molar-refractivity contribution is 6.31. The fraction of sp³-hybridized carbons (Fsp3) is 0.133. The van der Waals surface area contributed by atoms with Crippen LogP contribution in [0, 0.1) is 6.92 Å². The minimum atomic E-state index is -0.309. The number of H-pyrrole nitrogens is 2. The van der Waals surface area contributed by atoms with Crippen molar-refractivity contribution in [1.29, 1.82) is 0 Å². The van der Waals surface area contributed by atoms with E-state index in [2.05, 4.69) is 9.97 Å². The van der Waals surface area contributed by atoms with E-state index >= 15 is 0 Å². The standard InChI is InChI=1S/C15H12Cl2N2O/c1-8-2-3-9(6-11(8)16)14(17)10-4-5-12-13(7-10)19-15(20)18-12/h2-7,14H,1H3,(H2,18,19,20). The van der Waals surface area contributed by atoms with Crippen molar-refractivity contribution in [2.45, 2.75) is 12.3 Å². The number of rotatable bonds is 2. The molecule has 0 bridgehead atoms. The lowest BCUT2D eigenvalue weighted by molar-refractivity contribution is 1.14. The van der Waals surface area contributed by atoms with Gasteiger partial charge in [0.05, 0.1) is 16.4 Å². The van der Waals surface area contributed by atoms with Gasteiger partial charge >= 0.3 is 5.69 Å². The van der Waals surface area contributed by atoms with Crippen molar-refractivity contribution >= 4 is 34.2 Å². The lowest BCUT2D eigenvalue weighted by Gasteiger charge is -2.11. The summed E-state index contributed by atoms with van der Waals surface area (Å²) in [6.07, 6.45) is 0. The minimum Gasteiger partial charge on any atom is -0.306 e. The fourth-order valence-electron chi connectivity index (χ4n) is 2.17. The van der Waals surface area contributed by atoms with Crippen molar-refractivity contribution in [3.05, 3.63) is 68.6 Å². The summed E-state index contributed by atoms with van der Waals surface area (Å²) < 4.78 is 0. The Labute approximate surface area is 125 Å². The van der Waals surface area contributed by atoms with Crippen LogP contribution in [0.15, 0.2) is 41.2 Å². The Kier molecular flexibility index (Phi) is 3.32. The van der Waals surface area contributed by atoms with E-state index in [9.17, 15) is 4.79 Å². The Bertz CT molecular complexity index is 835. The van der Waals surface area contributed by atoms with Crippen molar-refractivity contribution in [3.63, 3.8) is 0 Å². The molecule has 1 aromatic heterocycles. The Morgan fingerprint density at radius 1 is 1.00 bits per heavy atom. The summed E-state index contributed by atoms with van der Waals surface area (Å²) >= 11 is 12.6.